The number of ether oxygens (including phenoxy) is 1. The fraction of sp³-hybridized carbons (Fsp3) is 0.333. The van der Waals surface area contributed by atoms with E-state index < -0.39 is 0 Å². The number of aliphatic hydroxyl groups excluding tert-OH is 1. The molecular weight excluding hydrogens is 328 g/mol. The highest BCUT2D eigenvalue weighted by atomic mass is 16.5. The Bertz CT molecular complexity index is 770. The second-order valence-electron chi connectivity index (χ2n) is 6.79. The number of nitrogens with zero attached hydrogens (tertiary/aromatic N) is 2. The summed E-state index contributed by atoms with van der Waals surface area (Å²) >= 11 is 0. The van der Waals surface area contributed by atoms with Crippen LogP contribution in [0.15, 0.2) is 59.7 Å². The lowest BCUT2D eigenvalue weighted by Gasteiger charge is -2.24. The molecule has 0 saturated heterocycles. The standard InChI is InChI=1S/C21H24N2O3/c1-15(2)19(13-24)17-10-8-16(9-11-17)12-23-20(25)14-26-21(22-23)18-6-4-3-5-7-18/h3-11,15,19,24H,12-14H2,1-2H3. The molecule has 0 aliphatic carbocycles. The van der Waals surface area contributed by atoms with Crippen LogP contribution in [0, 0.1) is 5.92 Å². The lowest BCUT2D eigenvalue weighted by atomic mass is 9.89. The number of hydrogen-bond donors (Lipinski definition) is 1. The average molecular weight is 352 g/mol. The summed E-state index contributed by atoms with van der Waals surface area (Å²) in [5.41, 5.74) is 2.94. The first-order chi connectivity index (χ1) is 12.6. The molecule has 0 radical (unpaired) electrons. The molecule has 0 spiro atoms. The quantitative estimate of drug-likeness (QED) is 0.869. The summed E-state index contributed by atoms with van der Waals surface area (Å²) in [6.07, 6.45) is 0. The number of carbonyl (C=O) groups is 1. The molecule has 1 unspecified atom stereocenters. The van der Waals surface area contributed by atoms with Crippen LogP contribution in [-0.4, -0.2) is 35.1 Å². The molecule has 2 aromatic rings. The Kier molecular flexibility index (Phi) is 5.68. The van der Waals surface area contributed by atoms with Crippen molar-refractivity contribution in [3.63, 3.8) is 0 Å². The highest BCUT2D eigenvalue weighted by molar-refractivity contribution is 5.97. The van der Waals surface area contributed by atoms with E-state index in [0.717, 1.165) is 16.7 Å². The fourth-order valence-corrected chi connectivity index (χ4v) is 2.99. The summed E-state index contributed by atoms with van der Waals surface area (Å²) in [5.74, 6) is 0.785. The SMILES string of the molecule is CC(C)C(CO)c1ccc(CN2N=C(c3ccccc3)OCC2=O)cc1. The number of aliphatic hydroxyl groups is 1. The van der Waals surface area contributed by atoms with E-state index in [1.807, 2.05) is 54.6 Å². The Labute approximate surface area is 153 Å². The first-order valence-electron chi connectivity index (χ1n) is 8.85. The maximum absolute atomic E-state index is 12.1. The van der Waals surface area contributed by atoms with Gasteiger partial charge in [-0.25, -0.2) is 5.01 Å². The minimum Gasteiger partial charge on any atom is -0.466 e. The van der Waals surface area contributed by atoms with Crippen LogP contribution in [0.2, 0.25) is 0 Å². The molecule has 1 aliphatic rings. The Balaban J connectivity index is 1.76. The summed E-state index contributed by atoms with van der Waals surface area (Å²) in [4.78, 5) is 12.1. The summed E-state index contributed by atoms with van der Waals surface area (Å²) in [6.45, 7) is 4.71. The van der Waals surface area contributed by atoms with Gasteiger partial charge in [-0.1, -0.05) is 56.3 Å². The molecule has 26 heavy (non-hydrogen) atoms. The Morgan fingerprint density at radius 3 is 2.42 bits per heavy atom. The van der Waals surface area contributed by atoms with E-state index in [4.69, 9.17) is 4.74 Å². The van der Waals surface area contributed by atoms with Crippen LogP contribution in [-0.2, 0) is 16.1 Å². The number of rotatable bonds is 6. The fourth-order valence-electron chi connectivity index (χ4n) is 2.99. The van der Waals surface area contributed by atoms with E-state index in [1.54, 1.807) is 0 Å². The second-order valence-corrected chi connectivity index (χ2v) is 6.79. The van der Waals surface area contributed by atoms with Crippen molar-refractivity contribution in [1.82, 2.24) is 5.01 Å². The normalized spacial score (nSPS) is 15.6. The van der Waals surface area contributed by atoms with Crippen LogP contribution in [0.3, 0.4) is 0 Å². The van der Waals surface area contributed by atoms with E-state index in [2.05, 4.69) is 18.9 Å². The van der Waals surface area contributed by atoms with Crippen LogP contribution in [0.4, 0.5) is 0 Å². The van der Waals surface area contributed by atoms with Crippen molar-refractivity contribution in [3.05, 3.63) is 71.3 Å². The molecule has 0 saturated carbocycles. The third-order valence-corrected chi connectivity index (χ3v) is 4.59. The van der Waals surface area contributed by atoms with E-state index in [-0.39, 0.29) is 25.0 Å². The molecule has 1 atom stereocenters. The van der Waals surface area contributed by atoms with Gasteiger partial charge >= 0.3 is 0 Å². The monoisotopic (exact) mass is 352 g/mol. The number of carbonyl (C=O) groups excluding carboxylic acids is 1. The van der Waals surface area contributed by atoms with Gasteiger partial charge in [-0.15, -0.1) is 5.10 Å². The summed E-state index contributed by atoms with van der Waals surface area (Å²) in [5, 5.41) is 15.4. The molecule has 1 heterocycles. The average Bonchev–Trinajstić information content (AvgIpc) is 2.66. The van der Waals surface area contributed by atoms with Gasteiger partial charge < -0.3 is 9.84 Å². The van der Waals surface area contributed by atoms with Gasteiger partial charge in [0.2, 0.25) is 5.90 Å². The smallest absolute Gasteiger partial charge is 0.281 e. The van der Waals surface area contributed by atoms with Gasteiger partial charge in [0.05, 0.1) is 13.2 Å². The predicted molar refractivity (Wildman–Crippen MR) is 101 cm³/mol. The maximum atomic E-state index is 12.1. The van der Waals surface area contributed by atoms with Crippen molar-refractivity contribution in [3.8, 4) is 0 Å². The Morgan fingerprint density at radius 2 is 1.81 bits per heavy atom. The van der Waals surface area contributed by atoms with E-state index >= 15 is 0 Å². The third kappa shape index (κ3) is 4.11. The van der Waals surface area contributed by atoms with Gasteiger partial charge in [-0.3, -0.25) is 4.79 Å². The van der Waals surface area contributed by atoms with E-state index in [1.165, 1.54) is 5.01 Å². The summed E-state index contributed by atoms with van der Waals surface area (Å²) in [6, 6.07) is 17.6. The van der Waals surface area contributed by atoms with Gasteiger partial charge in [0.25, 0.3) is 5.91 Å². The molecule has 5 nitrogen and oxygen atoms in total. The summed E-state index contributed by atoms with van der Waals surface area (Å²) < 4.78 is 5.47. The third-order valence-electron chi connectivity index (χ3n) is 4.59. The zero-order valence-electron chi connectivity index (χ0n) is 15.1. The van der Waals surface area contributed by atoms with Crippen LogP contribution < -0.4 is 0 Å². The van der Waals surface area contributed by atoms with Gasteiger partial charge in [0.15, 0.2) is 6.61 Å². The van der Waals surface area contributed by atoms with Crippen LogP contribution in [0.5, 0.6) is 0 Å². The zero-order valence-corrected chi connectivity index (χ0v) is 15.1. The summed E-state index contributed by atoms with van der Waals surface area (Å²) in [7, 11) is 0. The number of hydrazone groups is 1. The molecule has 1 aliphatic heterocycles. The highest BCUT2D eigenvalue weighted by Crippen LogP contribution is 2.24. The molecule has 0 aromatic heterocycles. The van der Waals surface area contributed by atoms with Crippen molar-refractivity contribution in [2.45, 2.75) is 26.3 Å². The van der Waals surface area contributed by atoms with Crippen molar-refractivity contribution in [2.75, 3.05) is 13.2 Å². The molecular formula is C21H24N2O3. The van der Waals surface area contributed by atoms with Crippen LogP contribution in [0.25, 0.3) is 0 Å². The van der Waals surface area contributed by atoms with Crippen molar-refractivity contribution in [2.24, 2.45) is 11.0 Å². The van der Waals surface area contributed by atoms with Gasteiger partial charge in [-0.2, -0.15) is 0 Å². The lowest BCUT2D eigenvalue weighted by Crippen LogP contribution is -2.36. The van der Waals surface area contributed by atoms with Crippen LogP contribution >= 0.6 is 0 Å². The van der Waals surface area contributed by atoms with Gasteiger partial charge in [0, 0.05) is 11.5 Å². The molecule has 2 aromatic carbocycles. The number of benzene rings is 2. The van der Waals surface area contributed by atoms with Crippen molar-refractivity contribution < 1.29 is 14.6 Å². The largest absolute Gasteiger partial charge is 0.466 e. The second kappa shape index (κ2) is 8.15. The number of hydrogen-bond acceptors (Lipinski definition) is 4. The maximum Gasteiger partial charge on any atom is 0.281 e. The zero-order chi connectivity index (χ0) is 18.5. The molecule has 0 bridgehead atoms. The van der Waals surface area contributed by atoms with Gasteiger partial charge in [-0.05, 0) is 29.2 Å². The molecule has 1 N–H and O–H groups in total. The van der Waals surface area contributed by atoms with E-state index in [9.17, 15) is 9.90 Å². The molecule has 1 amide bonds. The van der Waals surface area contributed by atoms with Gasteiger partial charge in [0.1, 0.15) is 0 Å². The molecule has 5 heteroatoms. The first-order valence-corrected chi connectivity index (χ1v) is 8.85. The molecule has 136 valence electrons. The Hall–Kier alpha value is -2.66. The van der Waals surface area contributed by atoms with Crippen LogP contribution in [0.1, 0.15) is 36.5 Å². The molecule has 3 rings (SSSR count). The lowest BCUT2D eigenvalue weighted by molar-refractivity contribution is -0.136. The minimum atomic E-state index is -0.163. The Morgan fingerprint density at radius 1 is 1.12 bits per heavy atom. The topological polar surface area (TPSA) is 62.1 Å². The number of amides is 1. The minimum absolute atomic E-state index is 0.00819. The van der Waals surface area contributed by atoms with Crippen molar-refractivity contribution in [1.29, 1.82) is 0 Å². The molecule has 0 fully saturated rings. The van der Waals surface area contributed by atoms with E-state index in [0.29, 0.717) is 18.4 Å². The predicted octanol–water partition coefficient (Wildman–Crippen LogP) is 3.14. The highest BCUT2D eigenvalue weighted by Gasteiger charge is 2.23. The first kappa shape index (κ1) is 18.1. The van der Waals surface area contributed by atoms with Crippen molar-refractivity contribution >= 4 is 11.8 Å².